The van der Waals surface area contributed by atoms with Crippen molar-refractivity contribution < 1.29 is 9.53 Å². The van der Waals surface area contributed by atoms with Crippen LogP contribution in [-0.2, 0) is 17.8 Å². The standard InChI is InChI=1S/C17H21N3O2S/c1-13-16(17(21)18-11-14-5-3-2-4-6-14)23-15(19-13)12-20-7-9-22-10-8-20/h2-6H,7-12H2,1H3,(H,18,21). The number of aryl methyl sites for hydroxylation is 1. The summed E-state index contributed by atoms with van der Waals surface area (Å²) in [6, 6.07) is 9.92. The monoisotopic (exact) mass is 331 g/mol. The molecular formula is C17H21N3O2S. The van der Waals surface area contributed by atoms with Gasteiger partial charge in [-0.25, -0.2) is 4.98 Å². The van der Waals surface area contributed by atoms with Gasteiger partial charge in [0, 0.05) is 19.6 Å². The van der Waals surface area contributed by atoms with Crippen LogP contribution in [0.15, 0.2) is 30.3 Å². The Morgan fingerprint density at radius 1 is 1.30 bits per heavy atom. The highest BCUT2D eigenvalue weighted by atomic mass is 32.1. The van der Waals surface area contributed by atoms with Crippen molar-refractivity contribution in [3.8, 4) is 0 Å². The van der Waals surface area contributed by atoms with Crippen LogP contribution in [0.4, 0.5) is 0 Å². The van der Waals surface area contributed by atoms with Crippen LogP contribution in [0.5, 0.6) is 0 Å². The van der Waals surface area contributed by atoms with E-state index in [0.717, 1.165) is 49.1 Å². The average Bonchev–Trinajstić information content (AvgIpc) is 2.95. The lowest BCUT2D eigenvalue weighted by Crippen LogP contribution is -2.35. The topological polar surface area (TPSA) is 54.5 Å². The third-order valence-corrected chi connectivity index (χ3v) is 4.95. The molecule has 3 rings (SSSR count). The molecule has 23 heavy (non-hydrogen) atoms. The predicted octanol–water partition coefficient (Wildman–Crippen LogP) is 2.21. The van der Waals surface area contributed by atoms with Gasteiger partial charge in [-0.3, -0.25) is 9.69 Å². The number of benzene rings is 1. The lowest BCUT2D eigenvalue weighted by Gasteiger charge is -2.25. The van der Waals surface area contributed by atoms with Gasteiger partial charge in [-0.2, -0.15) is 0 Å². The Kier molecular flexibility index (Phi) is 5.38. The van der Waals surface area contributed by atoms with Gasteiger partial charge in [-0.05, 0) is 12.5 Å². The zero-order valence-electron chi connectivity index (χ0n) is 13.2. The van der Waals surface area contributed by atoms with Crippen LogP contribution in [0.25, 0.3) is 0 Å². The summed E-state index contributed by atoms with van der Waals surface area (Å²) < 4.78 is 5.36. The number of carbonyl (C=O) groups is 1. The summed E-state index contributed by atoms with van der Waals surface area (Å²) in [5.74, 6) is -0.0444. The lowest BCUT2D eigenvalue weighted by atomic mass is 10.2. The van der Waals surface area contributed by atoms with E-state index in [4.69, 9.17) is 4.74 Å². The second kappa shape index (κ2) is 7.68. The van der Waals surface area contributed by atoms with Gasteiger partial charge < -0.3 is 10.1 Å². The highest BCUT2D eigenvalue weighted by Gasteiger charge is 2.18. The zero-order valence-corrected chi connectivity index (χ0v) is 14.1. The maximum atomic E-state index is 12.4. The van der Waals surface area contributed by atoms with Crippen LogP contribution in [0.1, 0.15) is 25.9 Å². The molecule has 1 aliphatic rings. The molecule has 0 aliphatic carbocycles. The third kappa shape index (κ3) is 4.37. The van der Waals surface area contributed by atoms with Crippen LogP contribution < -0.4 is 5.32 Å². The molecule has 0 radical (unpaired) electrons. The van der Waals surface area contributed by atoms with Crippen LogP contribution in [0.3, 0.4) is 0 Å². The number of nitrogens with one attached hydrogen (secondary N) is 1. The Morgan fingerprint density at radius 2 is 2.04 bits per heavy atom. The molecule has 1 fully saturated rings. The molecule has 6 heteroatoms. The summed E-state index contributed by atoms with van der Waals surface area (Å²) in [7, 11) is 0. The van der Waals surface area contributed by atoms with Crippen molar-refractivity contribution in [2.24, 2.45) is 0 Å². The number of hydrogen-bond donors (Lipinski definition) is 1. The second-order valence-electron chi connectivity index (χ2n) is 5.58. The fraction of sp³-hybridized carbons (Fsp3) is 0.412. The second-order valence-corrected chi connectivity index (χ2v) is 6.66. The van der Waals surface area contributed by atoms with E-state index in [1.165, 1.54) is 11.3 Å². The summed E-state index contributed by atoms with van der Waals surface area (Å²) in [6.07, 6.45) is 0. The Hall–Kier alpha value is -1.76. The Morgan fingerprint density at radius 3 is 2.78 bits per heavy atom. The minimum atomic E-state index is -0.0444. The van der Waals surface area contributed by atoms with Crippen molar-refractivity contribution in [1.82, 2.24) is 15.2 Å². The summed E-state index contributed by atoms with van der Waals surface area (Å²) in [5.41, 5.74) is 1.90. The summed E-state index contributed by atoms with van der Waals surface area (Å²) in [4.78, 5) is 20.0. The molecule has 1 N–H and O–H groups in total. The SMILES string of the molecule is Cc1nc(CN2CCOCC2)sc1C(=O)NCc1ccccc1. The number of nitrogens with zero attached hydrogens (tertiary/aromatic N) is 2. The van der Waals surface area contributed by atoms with E-state index >= 15 is 0 Å². The van der Waals surface area contributed by atoms with E-state index in [9.17, 15) is 4.79 Å². The van der Waals surface area contributed by atoms with Gasteiger partial charge in [0.15, 0.2) is 0 Å². The summed E-state index contributed by atoms with van der Waals surface area (Å²) in [6.45, 7) is 6.62. The molecule has 0 bridgehead atoms. The number of ether oxygens (including phenoxy) is 1. The molecule has 2 heterocycles. The van der Waals surface area contributed by atoms with E-state index < -0.39 is 0 Å². The van der Waals surface area contributed by atoms with Crippen LogP contribution in [0, 0.1) is 6.92 Å². The molecule has 0 atom stereocenters. The number of rotatable bonds is 5. The largest absolute Gasteiger partial charge is 0.379 e. The van der Waals surface area contributed by atoms with E-state index in [1.54, 1.807) is 0 Å². The number of amides is 1. The molecule has 0 saturated carbocycles. The van der Waals surface area contributed by atoms with Gasteiger partial charge in [-0.1, -0.05) is 30.3 Å². The first kappa shape index (κ1) is 16.1. The molecule has 1 amide bonds. The molecule has 1 aromatic carbocycles. The summed E-state index contributed by atoms with van der Waals surface area (Å²) >= 11 is 1.49. The Labute approximate surface area is 140 Å². The highest BCUT2D eigenvalue weighted by Crippen LogP contribution is 2.20. The van der Waals surface area contributed by atoms with Gasteiger partial charge >= 0.3 is 0 Å². The molecular weight excluding hydrogens is 310 g/mol. The molecule has 1 saturated heterocycles. The van der Waals surface area contributed by atoms with Gasteiger partial charge in [-0.15, -0.1) is 11.3 Å². The first-order valence-electron chi connectivity index (χ1n) is 7.81. The fourth-order valence-electron chi connectivity index (χ4n) is 2.54. The smallest absolute Gasteiger partial charge is 0.263 e. The van der Waals surface area contributed by atoms with Crippen LogP contribution >= 0.6 is 11.3 Å². The van der Waals surface area contributed by atoms with Crippen molar-refractivity contribution in [3.63, 3.8) is 0 Å². The van der Waals surface area contributed by atoms with E-state index in [0.29, 0.717) is 11.4 Å². The van der Waals surface area contributed by atoms with E-state index in [1.807, 2.05) is 37.3 Å². The number of aromatic nitrogens is 1. The lowest BCUT2D eigenvalue weighted by molar-refractivity contribution is 0.0341. The van der Waals surface area contributed by atoms with E-state index in [2.05, 4.69) is 15.2 Å². The minimum Gasteiger partial charge on any atom is -0.379 e. The predicted molar refractivity (Wildman–Crippen MR) is 90.6 cm³/mol. The number of hydrogen-bond acceptors (Lipinski definition) is 5. The summed E-state index contributed by atoms with van der Waals surface area (Å²) in [5, 5.41) is 3.97. The molecule has 5 nitrogen and oxygen atoms in total. The van der Waals surface area contributed by atoms with Gasteiger partial charge in [0.1, 0.15) is 9.88 Å². The zero-order chi connectivity index (χ0) is 16.1. The average molecular weight is 331 g/mol. The minimum absolute atomic E-state index is 0.0444. The number of carbonyl (C=O) groups excluding carboxylic acids is 1. The molecule has 0 spiro atoms. The molecule has 0 unspecified atom stereocenters. The normalized spacial score (nSPS) is 15.5. The first-order chi connectivity index (χ1) is 11.2. The van der Waals surface area contributed by atoms with Crippen molar-refractivity contribution in [2.45, 2.75) is 20.0 Å². The van der Waals surface area contributed by atoms with Gasteiger partial charge in [0.25, 0.3) is 5.91 Å². The van der Waals surface area contributed by atoms with Crippen molar-refractivity contribution in [2.75, 3.05) is 26.3 Å². The fourth-order valence-corrected chi connectivity index (χ4v) is 3.56. The molecule has 122 valence electrons. The van der Waals surface area contributed by atoms with Crippen LogP contribution in [-0.4, -0.2) is 42.1 Å². The highest BCUT2D eigenvalue weighted by molar-refractivity contribution is 7.13. The maximum Gasteiger partial charge on any atom is 0.263 e. The van der Waals surface area contributed by atoms with Gasteiger partial charge in [0.05, 0.1) is 25.5 Å². The molecule has 2 aromatic rings. The Balaban J connectivity index is 1.59. The number of thiazole rings is 1. The maximum absolute atomic E-state index is 12.4. The Bertz CT molecular complexity index is 651. The quantitative estimate of drug-likeness (QED) is 0.913. The molecule has 1 aromatic heterocycles. The molecule has 1 aliphatic heterocycles. The first-order valence-corrected chi connectivity index (χ1v) is 8.62. The van der Waals surface area contributed by atoms with Crippen molar-refractivity contribution in [3.05, 3.63) is 51.5 Å². The van der Waals surface area contributed by atoms with Crippen molar-refractivity contribution in [1.29, 1.82) is 0 Å². The van der Waals surface area contributed by atoms with Gasteiger partial charge in [0.2, 0.25) is 0 Å². The van der Waals surface area contributed by atoms with Crippen molar-refractivity contribution >= 4 is 17.2 Å². The van der Waals surface area contributed by atoms with E-state index in [-0.39, 0.29) is 5.91 Å². The third-order valence-electron chi connectivity index (χ3n) is 3.81. The van der Waals surface area contributed by atoms with Crippen LogP contribution in [0.2, 0.25) is 0 Å². The number of morpholine rings is 1.